The number of ether oxygens (including phenoxy) is 2. The fourth-order valence-electron chi connectivity index (χ4n) is 2.92. The van der Waals surface area contributed by atoms with Gasteiger partial charge in [-0.05, 0) is 52.0 Å². The molecule has 2 fully saturated rings. The Morgan fingerprint density at radius 2 is 2.12 bits per heavy atom. The summed E-state index contributed by atoms with van der Waals surface area (Å²) in [6.07, 6.45) is 6.64. The van der Waals surface area contributed by atoms with Crippen LogP contribution >= 0.6 is 0 Å². The predicted molar refractivity (Wildman–Crippen MR) is 64.3 cm³/mol. The van der Waals surface area contributed by atoms with Gasteiger partial charge < -0.3 is 15.2 Å². The molecule has 0 amide bonds. The fraction of sp³-hybridized carbons (Fsp3) is 1.00. The van der Waals surface area contributed by atoms with Crippen molar-refractivity contribution in [3.8, 4) is 0 Å². The van der Waals surface area contributed by atoms with Gasteiger partial charge in [0.05, 0.1) is 24.4 Å². The van der Waals surface area contributed by atoms with E-state index < -0.39 is 0 Å². The van der Waals surface area contributed by atoms with E-state index in [1.54, 1.807) is 0 Å². The molecule has 2 rings (SSSR count). The van der Waals surface area contributed by atoms with Crippen LogP contribution in [0.3, 0.4) is 0 Å². The Hall–Kier alpha value is -0.120. The van der Waals surface area contributed by atoms with Crippen molar-refractivity contribution in [1.82, 2.24) is 0 Å². The SMILES string of the molecule is CC1(C)CCC(COC2CCCC2CN)O1. The molecule has 2 N–H and O–H groups in total. The summed E-state index contributed by atoms with van der Waals surface area (Å²) < 4.78 is 11.9. The first-order valence-corrected chi connectivity index (χ1v) is 6.60. The summed E-state index contributed by atoms with van der Waals surface area (Å²) in [6, 6.07) is 0. The highest BCUT2D eigenvalue weighted by atomic mass is 16.6. The molecule has 16 heavy (non-hydrogen) atoms. The van der Waals surface area contributed by atoms with Gasteiger partial charge in [-0.25, -0.2) is 0 Å². The highest BCUT2D eigenvalue weighted by Crippen LogP contribution is 2.31. The lowest BCUT2D eigenvalue weighted by Crippen LogP contribution is -2.29. The fourth-order valence-corrected chi connectivity index (χ4v) is 2.92. The normalized spacial score (nSPS) is 38.1. The molecule has 0 aromatic heterocycles. The maximum Gasteiger partial charge on any atom is 0.0816 e. The van der Waals surface area contributed by atoms with E-state index in [-0.39, 0.29) is 5.60 Å². The highest BCUT2D eigenvalue weighted by molar-refractivity contribution is 4.83. The monoisotopic (exact) mass is 227 g/mol. The van der Waals surface area contributed by atoms with Crippen LogP contribution in [0.25, 0.3) is 0 Å². The molecule has 2 aliphatic rings. The average molecular weight is 227 g/mol. The second-order valence-corrected chi connectivity index (χ2v) is 5.84. The number of hydrogen-bond acceptors (Lipinski definition) is 3. The minimum Gasteiger partial charge on any atom is -0.375 e. The Morgan fingerprint density at radius 1 is 1.31 bits per heavy atom. The average Bonchev–Trinajstić information content (AvgIpc) is 2.81. The van der Waals surface area contributed by atoms with Crippen molar-refractivity contribution in [2.75, 3.05) is 13.2 Å². The summed E-state index contributed by atoms with van der Waals surface area (Å²) in [4.78, 5) is 0. The van der Waals surface area contributed by atoms with Crippen LogP contribution in [0, 0.1) is 5.92 Å². The summed E-state index contributed by atoms with van der Waals surface area (Å²) >= 11 is 0. The molecule has 3 atom stereocenters. The van der Waals surface area contributed by atoms with E-state index in [1.807, 2.05) is 0 Å². The quantitative estimate of drug-likeness (QED) is 0.800. The second kappa shape index (κ2) is 5.03. The largest absolute Gasteiger partial charge is 0.375 e. The first-order valence-electron chi connectivity index (χ1n) is 6.60. The van der Waals surface area contributed by atoms with Crippen LogP contribution in [0.1, 0.15) is 46.0 Å². The van der Waals surface area contributed by atoms with E-state index in [0.717, 1.165) is 26.0 Å². The molecular formula is C13H25NO2. The van der Waals surface area contributed by atoms with Crippen molar-refractivity contribution in [2.45, 2.75) is 63.8 Å². The van der Waals surface area contributed by atoms with E-state index in [0.29, 0.717) is 18.1 Å². The molecule has 3 unspecified atom stereocenters. The Kier molecular flexibility index (Phi) is 3.88. The lowest BCUT2D eigenvalue weighted by atomic mass is 10.1. The summed E-state index contributed by atoms with van der Waals surface area (Å²) in [5.74, 6) is 0.578. The molecule has 3 nitrogen and oxygen atoms in total. The van der Waals surface area contributed by atoms with Gasteiger partial charge in [-0.3, -0.25) is 0 Å². The lowest BCUT2D eigenvalue weighted by molar-refractivity contribution is -0.0757. The minimum absolute atomic E-state index is 0.0526. The minimum atomic E-state index is 0.0526. The van der Waals surface area contributed by atoms with E-state index in [1.165, 1.54) is 19.3 Å². The topological polar surface area (TPSA) is 44.5 Å². The first kappa shape index (κ1) is 12.3. The molecule has 0 radical (unpaired) electrons. The number of hydrogen-bond donors (Lipinski definition) is 1. The summed E-state index contributed by atoms with van der Waals surface area (Å²) in [6.45, 7) is 5.84. The molecule has 1 aliphatic heterocycles. The van der Waals surface area contributed by atoms with Crippen LogP contribution in [-0.2, 0) is 9.47 Å². The lowest BCUT2D eigenvalue weighted by Gasteiger charge is -2.23. The molecule has 0 spiro atoms. The second-order valence-electron chi connectivity index (χ2n) is 5.84. The van der Waals surface area contributed by atoms with Crippen LogP contribution in [0.5, 0.6) is 0 Å². The summed E-state index contributed by atoms with van der Waals surface area (Å²) in [5, 5.41) is 0. The molecule has 1 aliphatic carbocycles. The zero-order valence-electron chi connectivity index (χ0n) is 10.6. The molecule has 94 valence electrons. The van der Waals surface area contributed by atoms with Gasteiger partial charge in [0.2, 0.25) is 0 Å². The molecule has 1 saturated heterocycles. The van der Waals surface area contributed by atoms with E-state index in [4.69, 9.17) is 15.2 Å². The maximum absolute atomic E-state index is 5.98. The molecule has 1 saturated carbocycles. The Balaban J connectivity index is 1.71. The van der Waals surface area contributed by atoms with Crippen LogP contribution in [-0.4, -0.2) is 31.0 Å². The van der Waals surface area contributed by atoms with E-state index in [9.17, 15) is 0 Å². The first-order chi connectivity index (χ1) is 7.61. The third-order valence-electron chi connectivity index (χ3n) is 3.94. The highest BCUT2D eigenvalue weighted by Gasteiger charge is 2.33. The maximum atomic E-state index is 5.98. The van der Waals surface area contributed by atoms with Crippen LogP contribution < -0.4 is 5.73 Å². The molecule has 1 heterocycles. The standard InChI is InChI=1S/C13H25NO2/c1-13(2)7-6-11(16-13)9-15-12-5-3-4-10(12)8-14/h10-12H,3-9,14H2,1-2H3. The van der Waals surface area contributed by atoms with Crippen molar-refractivity contribution < 1.29 is 9.47 Å². The molecule has 0 bridgehead atoms. The smallest absolute Gasteiger partial charge is 0.0816 e. The van der Waals surface area contributed by atoms with Crippen LogP contribution in [0.15, 0.2) is 0 Å². The van der Waals surface area contributed by atoms with Gasteiger partial charge in [0.25, 0.3) is 0 Å². The molecular weight excluding hydrogens is 202 g/mol. The van der Waals surface area contributed by atoms with Crippen LogP contribution in [0.4, 0.5) is 0 Å². The van der Waals surface area contributed by atoms with Crippen molar-refractivity contribution >= 4 is 0 Å². The number of nitrogens with two attached hydrogens (primary N) is 1. The third-order valence-corrected chi connectivity index (χ3v) is 3.94. The summed E-state index contributed by atoms with van der Waals surface area (Å²) in [7, 11) is 0. The zero-order chi connectivity index (χ0) is 11.6. The van der Waals surface area contributed by atoms with Crippen molar-refractivity contribution in [3.63, 3.8) is 0 Å². The number of rotatable bonds is 4. The molecule has 3 heteroatoms. The zero-order valence-corrected chi connectivity index (χ0v) is 10.6. The molecule has 0 aromatic rings. The Bertz CT molecular complexity index is 230. The van der Waals surface area contributed by atoms with Gasteiger partial charge in [0, 0.05) is 0 Å². The van der Waals surface area contributed by atoms with Gasteiger partial charge in [0.1, 0.15) is 0 Å². The van der Waals surface area contributed by atoms with E-state index >= 15 is 0 Å². The van der Waals surface area contributed by atoms with E-state index in [2.05, 4.69) is 13.8 Å². The van der Waals surface area contributed by atoms with Gasteiger partial charge >= 0.3 is 0 Å². The van der Waals surface area contributed by atoms with Gasteiger partial charge in [-0.2, -0.15) is 0 Å². The van der Waals surface area contributed by atoms with Gasteiger partial charge in [0.15, 0.2) is 0 Å². The van der Waals surface area contributed by atoms with Crippen molar-refractivity contribution in [1.29, 1.82) is 0 Å². The van der Waals surface area contributed by atoms with Gasteiger partial charge in [-0.1, -0.05) is 6.42 Å². The Labute approximate surface area is 98.7 Å². The third kappa shape index (κ3) is 2.96. The Morgan fingerprint density at radius 3 is 2.75 bits per heavy atom. The van der Waals surface area contributed by atoms with Crippen LogP contribution in [0.2, 0.25) is 0 Å². The van der Waals surface area contributed by atoms with Crippen molar-refractivity contribution in [3.05, 3.63) is 0 Å². The molecule has 0 aromatic carbocycles. The summed E-state index contributed by atoms with van der Waals surface area (Å²) in [5.41, 5.74) is 5.79. The van der Waals surface area contributed by atoms with Crippen molar-refractivity contribution in [2.24, 2.45) is 11.7 Å². The predicted octanol–water partition coefficient (Wildman–Crippen LogP) is 2.09. The van der Waals surface area contributed by atoms with Gasteiger partial charge in [-0.15, -0.1) is 0 Å².